The topological polar surface area (TPSA) is 165 Å². The molecule has 5 aromatic heterocycles. The zero-order chi connectivity index (χ0) is 34.9. The molecule has 0 amide bonds. The van der Waals surface area contributed by atoms with Crippen molar-refractivity contribution in [2.75, 3.05) is 31.0 Å². The molecule has 2 aliphatic rings. The van der Waals surface area contributed by atoms with Gasteiger partial charge >= 0.3 is 0 Å². The summed E-state index contributed by atoms with van der Waals surface area (Å²) < 4.78 is 13.0. The Kier molecular flexibility index (Phi) is 9.70. The fraction of sp³-hybridized carbons (Fsp3) is 0.500. The lowest BCUT2D eigenvalue weighted by Crippen LogP contribution is -2.30. The number of halogens is 1. The van der Waals surface area contributed by atoms with Crippen LogP contribution in [0.1, 0.15) is 85.1 Å². The zero-order valence-electron chi connectivity index (χ0n) is 29.3. The number of nitrogen functional groups attached to an aromatic ring is 2. The zero-order valence-corrected chi connectivity index (χ0v) is 30.0. The summed E-state index contributed by atoms with van der Waals surface area (Å²) in [6, 6.07) is 4.58. The molecule has 2 fully saturated rings. The van der Waals surface area contributed by atoms with Crippen molar-refractivity contribution in [1.82, 2.24) is 34.5 Å². The van der Waals surface area contributed by atoms with Crippen molar-refractivity contribution in [2.45, 2.75) is 91.1 Å². The van der Waals surface area contributed by atoms with E-state index in [1.807, 2.05) is 18.3 Å². The second kappa shape index (κ2) is 13.8. The third kappa shape index (κ3) is 7.29. The molecule has 0 aromatic carbocycles. The van der Waals surface area contributed by atoms with Gasteiger partial charge in [-0.1, -0.05) is 39.3 Å². The van der Waals surface area contributed by atoms with E-state index >= 15 is 0 Å². The predicted molar refractivity (Wildman–Crippen MR) is 196 cm³/mol. The van der Waals surface area contributed by atoms with E-state index in [2.05, 4.69) is 67.5 Å². The standard InChI is InChI=1S/C18H24ClN5O.C18H23N5O/c1-18(2)7-4-11(5-8-18)23-15-13(10-22-17(20)24-15)12-6-9-21-16(25-3)14(12)19;1-18(2)7-4-11(5-8-18)23-14-12(6-9-20-16(14)24-3)13-10-21-17(19)22-15(13)23/h6,9-11H,4-5,7-8H2,1-3H3,(H3,20,22,23,24);6,9-11H,4-5,7-8H2,1-3H3,(H2,19,21,22). The summed E-state index contributed by atoms with van der Waals surface area (Å²) in [6.45, 7) is 9.33. The van der Waals surface area contributed by atoms with E-state index in [0.29, 0.717) is 51.5 Å². The maximum absolute atomic E-state index is 6.43. The van der Waals surface area contributed by atoms with Crippen LogP contribution in [0.4, 0.5) is 17.7 Å². The van der Waals surface area contributed by atoms with Gasteiger partial charge in [0, 0.05) is 58.8 Å². The van der Waals surface area contributed by atoms with E-state index in [1.54, 1.807) is 32.8 Å². The normalized spacial score (nSPS) is 17.8. The molecule has 13 heteroatoms. The van der Waals surface area contributed by atoms with Gasteiger partial charge in [-0.25, -0.2) is 19.9 Å². The van der Waals surface area contributed by atoms with E-state index in [0.717, 1.165) is 58.7 Å². The number of pyridine rings is 2. The molecule has 0 atom stereocenters. The summed E-state index contributed by atoms with van der Waals surface area (Å²) >= 11 is 6.43. The summed E-state index contributed by atoms with van der Waals surface area (Å²) in [4.78, 5) is 25.8. The largest absolute Gasteiger partial charge is 0.480 e. The second-order valence-corrected chi connectivity index (χ2v) is 15.1. The number of hydrogen-bond donors (Lipinski definition) is 3. The summed E-state index contributed by atoms with van der Waals surface area (Å²) in [5, 5.41) is 6.05. The SMILES string of the molecule is COc1nccc(-c2cnc(N)nc2NC2CCC(C)(C)CC2)c1Cl.COc1nccc2c3cnc(N)nc3n(C3CCC(C)(C)CC3)c12. The van der Waals surface area contributed by atoms with Gasteiger partial charge in [-0.3, -0.25) is 0 Å². The molecule has 0 aliphatic heterocycles. The minimum absolute atomic E-state index is 0.236. The lowest BCUT2D eigenvalue weighted by atomic mass is 9.75. The molecule has 0 bridgehead atoms. The molecule has 12 nitrogen and oxygen atoms in total. The van der Waals surface area contributed by atoms with Crippen molar-refractivity contribution in [3.8, 4) is 22.9 Å². The molecule has 2 saturated carbocycles. The molecule has 0 saturated heterocycles. The smallest absolute Gasteiger partial charge is 0.238 e. The highest BCUT2D eigenvalue weighted by Gasteiger charge is 2.31. The van der Waals surface area contributed by atoms with Gasteiger partial charge in [-0.2, -0.15) is 9.97 Å². The van der Waals surface area contributed by atoms with Crippen molar-refractivity contribution in [2.24, 2.45) is 10.8 Å². The van der Waals surface area contributed by atoms with E-state index in [-0.39, 0.29) is 5.95 Å². The van der Waals surface area contributed by atoms with E-state index in [9.17, 15) is 0 Å². The van der Waals surface area contributed by atoms with Gasteiger partial charge in [-0.05, 0) is 74.3 Å². The molecular weight excluding hydrogens is 640 g/mol. The number of methoxy groups -OCH3 is 2. The molecule has 7 rings (SSSR count). The highest BCUT2D eigenvalue weighted by atomic mass is 35.5. The van der Waals surface area contributed by atoms with E-state index < -0.39 is 0 Å². The Balaban J connectivity index is 0.000000170. The first-order chi connectivity index (χ1) is 23.4. The van der Waals surface area contributed by atoms with Crippen LogP contribution in [0.3, 0.4) is 0 Å². The minimum atomic E-state index is 0.236. The van der Waals surface area contributed by atoms with Gasteiger partial charge in [0.25, 0.3) is 0 Å². The van der Waals surface area contributed by atoms with Crippen molar-refractivity contribution in [1.29, 1.82) is 0 Å². The number of hydrogen-bond acceptors (Lipinski definition) is 11. The highest BCUT2D eigenvalue weighted by molar-refractivity contribution is 6.34. The van der Waals surface area contributed by atoms with Gasteiger partial charge < -0.3 is 30.8 Å². The van der Waals surface area contributed by atoms with Crippen molar-refractivity contribution >= 4 is 51.3 Å². The molecule has 5 N–H and O–H groups in total. The van der Waals surface area contributed by atoms with Crippen LogP contribution in [0.2, 0.25) is 5.02 Å². The summed E-state index contributed by atoms with van der Waals surface area (Å²) in [7, 11) is 3.20. The first-order valence-corrected chi connectivity index (χ1v) is 17.3. The number of rotatable bonds is 6. The third-order valence-electron chi connectivity index (χ3n) is 10.1. The van der Waals surface area contributed by atoms with Crippen LogP contribution >= 0.6 is 11.6 Å². The Morgan fingerprint density at radius 1 is 0.755 bits per heavy atom. The number of anilines is 3. The Bertz CT molecular complexity index is 1940. The average molecular weight is 687 g/mol. The number of fused-ring (bicyclic) bond motifs is 3. The summed E-state index contributed by atoms with van der Waals surface area (Å²) in [6.07, 6.45) is 16.1. The third-order valence-corrected chi connectivity index (χ3v) is 10.5. The summed E-state index contributed by atoms with van der Waals surface area (Å²) in [5.41, 5.74) is 16.0. The molecule has 0 radical (unpaired) electrons. The van der Waals surface area contributed by atoms with E-state index in [4.69, 9.17) is 32.5 Å². The van der Waals surface area contributed by atoms with Crippen LogP contribution in [0.15, 0.2) is 36.9 Å². The summed E-state index contributed by atoms with van der Waals surface area (Å²) in [5.74, 6) is 2.25. The van der Waals surface area contributed by atoms with Crippen LogP contribution in [0.5, 0.6) is 11.8 Å². The second-order valence-electron chi connectivity index (χ2n) is 14.7. The molecule has 5 heterocycles. The fourth-order valence-corrected chi connectivity index (χ4v) is 7.40. The van der Waals surface area contributed by atoms with Crippen LogP contribution in [-0.4, -0.2) is 54.7 Å². The lowest BCUT2D eigenvalue weighted by molar-refractivity contribution is 0.197. The molecule has 49 heavy (non-hydrogen) atoms. The number of ether oxygens (including phenoxy) is 2. The van der Waals surface area contributed by atoms with Crippen LogP contribution in [0, 0.1) is 10.8 Å². The molecule has 2 aliphatic carbocycles. The van der Waals surface area contributed by atoms with Crippen LogP contribution < -0.4 is 26.3 Å². The van der Waals surface area contributed by atoms with Crippen molar-refractivity contribution < 1.29 is 9.47 Å². The molecule has 5 aromatic rings. The number of aromatic nitrogens is 7. The van der Waals surface area contributed by atoms with Crippen molar-refractivity contribution in [3.63, 3.8) is 0 Å². The molecule has 0 spiro atoms. The molecule has 0 unspecified atom stereocenters. The maximum atomic E-state index is 6.43. The van der Waals surface area contributed by atoms with Crippen molar-refractivity contribution in [3.05, 3.63) is 41.9 Å². The monoisotopic (exact) mass is 686 g/mol. The Morgan fingerprint density at radius 2 is 1.35 bits per heavy atom. The van der Waals surface area contributed by atoms with Gasteiger partial charge in [0.1, 0.15) is 22.0 Å². The van der Waals surface area contributed by atoms with Gasteiger partial charge in [0.05, 0.1) is 14.2 Å². The Morgan fingerprint density at radius 3 is 2.02 bits per heavy atom. The fourth-order valence-electron chi connectivity index (χ4n) is 7.11. The minimum Gasteiger partial charge on any atom is -0.480 e. The van der Waals surface area contributed by atoms with E-state index in [1.165, 1.54) is 25.7 Å². The highest BCUT2D eigenvalue weighted by Crippen LogP contribution is 2.45. The van der Waals surface area contributed by atoms with Crippen LogP contribution in [0.25, 0.3) is 33.1 Å². The number of nitrogens with two attached hydrogens (primary N) is 2. The Labute approximate surface area is 292 Å². The van der Waals surface area contributed by atoms with Crippen LogP contribution in [-0.2, 0) is 0 Å². The Hall–Kier alpha value is -4.45. The average Bonchev–Trinajstić information content (AvgIpc) is 3.40. The first-order valence-electron chi connectivity index (χ1n) is 16.9. The predicted octanol–water partition coefficient (Wildman–Crippen LogP) is 7.88. The number of nitrogens with one attached hydrogen (secondary N) is 1. The maximum Gasteiger partial charge on any atom is 0.238 e. The van der Waals surface area contributed by atoms with Gasteiger partial charge in [0.2, 0.25) is 23.7 Å². The van der Waals surface area contributed by atoms with Gasteiger partial charge in [-0.15, -0.1) is 0 Å². The number of nitrogens with zero attached hydrogens (tertiary/aromatic N) is 7. The molecular formula is C36H47ClN10O2. The lowest BCUT2D eigenvalue weighted by Gasteiger charge is -2.35. The first kappa shape index (κ1) is 34.4. The quantitative estimate of drug-likeness (QED) is 0.159. The molecule has 260 valence electrons. The van der Waals surface area contributed by atoms with Gasteiger partial charge in [0.15, 0.2) is 0 Å².